The monoisotopic (exact) mass is 433 g/mol. The lowest BCUT2D eigenvalue weighted by atomic mass is 9.97. The number of rotatable bonds is 6. The van der Waals surface area contributed by atoms with Crippen LogP contribution in [0, 0.1) is 6.92 Å². The molecule has 1 aliphatic heterocycles. The fourth-order valence-corrected chi connectivity index (χ4v) is 4.20. The highest BCUT2D eigenvalue weighted by atomic mass is 19.3. The predicted octanol–water partition coefficient (Wildman–Crippen LogP) is 3.76. The molecule has 1 atom stereocenters. The summed E-state index contributed by atoms with van der Waals surface area (Å²) in [5.74, 6) is -2.34. The lowest BCUT2D eigenvalue weighted by Gasteiger charge is -2.23. The third kappa shape index (κ3) is 4.24. The molecular weight excluding hydrogens is 408 g/mol. The number of aryl methyl sites for hydroxylation is 1. The van der Waals surface area contributed by atoms with E-state index in [1.54, 1.807) is 13.0 Å². The number of benzene rings is 1. The zero-order valence-corrected chi connectivity index (χ0v) is 17.7. The number of anilines is 1. The predicted molar refractivity (Wildman–Crippen MR) is 108 cm³/mol. The van der Waals surface area contributed by atoms with E-state index in [0.29, 0.717) is 48.1 Å². The second-order valence-corrected chi connectivity index (χ2v) is 7.75. The number of nitrogens with zero attached hydrogens (tertiary/aromatic N) is 2. The molecule has 166 valence electrons. The van der Waals surface area contributed by atoms with Crippen LogP contribution in [0.1, 0.15) is 59.4 Å². The molecule has 0 unspecified atom stereocenters. The number of alkyl halides is 2. The summed E-state index contributed by atoms with van der Waals surface area (Å²) in [6.45, 7) is 4.43. The number of aromatic nitrogens is 2. The van der Waals surface area contributed by atoms with Gasteiger partial charge in [-0.1, -0.05) is 18.2 Å². The number of halogens is 2. The van der Waals surface area contributed by atoms with Crippen molar-refractivity contribution < 1.29 is 27.8 Å². The maximum atomic E-state index is 14.2. The Labute approximate surface area is 179 Å². The molecule has 1 N–H and O–H groups in total. The fourth-order valence-electron chi connectivity index (χ4n) is 4.20. The Balaban J connectivity index is 1.71. The van der Waals surface area contributed by atoms with Crippen molar-refractivity contribution in [2.24, 2.45) is 0 Å². The summed E-state index contributed by atoms with van der Waals surface area (Å²) in [5, 5.41) is 3.33. The van der Waals surface area contributed by atoms with Gasteiger partial charge in [-0.25, -0.2) is 18.7 Å². The van der Waals surface area contributed by atoms with Crippen molar-refractivity contribution in [1.29, 1.82) is 0 Å². The first kappa shape index (κ1) is 21.6. The van der Waals surface area contributed by atoms with Crippen LogP contribution in [-0.2, 0) is 37.8 Å². The van der Waals surface area contributed by atoms with Crippen molar-refractivity contribution in [2.75, 3.05) is 25.6 Å². The van der Waals surface area contributed by atoms with Crippen LogP contribution in [0.25, 0.3) is 0 Å². The molecule has 1 aromatic carbocycles. The number of esters is 1. The maximum absolute atomic E-state index is 14.2. The van der Waals surface area contributed by atoms with Crippen LogP contribution in [0.4, 0.5) is 14.6 Å². The van der Waals surface area contributed by atoms with E-state index in [2.05, 4.69) is 15.3 Å². The molecule has 4 rings (SSSR count). The number of hydrogen-bond acceptors (Lipinski definition) is 7. The standard InChI is InChI=1S/C22H25F2N3O4/c1-12(14-5-4-6-16-15(14)7-8-22(16,23)24)25-20-19(21-30-9-10-31-21)17(11-18(28)29-3)26-13(2)27-20/h4-6,12,21H,7-11H2,1-3H3,(H,25,26,27)/t12-/m1/s1. The summed E-state index contributed by atoms with van der Waals surface area (Å²) < 4.78 is 44.6. The Morgan fingerprint density at radius 3 is 2.77 bits per heavy atom. The second kappa shape index (κ2) is 8.47. The van der Waals surface area contributed by atoms with E-state index in [9.17, 15) is 13.6 Å². The van der Waals surface area contributed by atoms with Gasteiger partial charge in [0.25, 0.3) is 5.92 Å². The maximum Gasteiger partial charge on any atom is 0.311 e. The Bertz CT molecular complexity index is 993. The number of nitrogens with one attached hydrogen (secondary N) is 1. The molecule has 0 radical (unpaired) electrons. The van der Waals surface area contributed by atoms with Crippen LogP contribution in [0.5, 0.6) is 0 Å². The molecule has 2 aromatic rings. The van der Waals surface area contributed by atoms with Crippen molar-refractivity contribution in [1.82, 2.24) is 9.97 Å². The minimum Gasteiger partial charge on any atom is -0.469 e. The SMILES string of the molecule is COC(=O)Cc1nc(C)nc(N[C@H](C)c2cccc3c2CCC3(F)F)c1C1OCCO1. The molecule has 1 saturated heterocycles. The van der Waals surface area contributed by atoms with E-state index < -0.39 is 18.2 Å². The molecular formula is C22H25F2N3O4. The number of carbonyl (C=O) groups is 1. The van der Waals surface area contributed by atoms with Gasteiger partial charge in [-0.15, -0.1) is 0 Å². The van der Waals surface area contributed by atoms with Gasteiger partial charge >= 0.3 is 5.97 Å². The summed E-state index contributed by atoms with van der Waals surface area (Å²) in [5.41, 5.74) is 2.53. The van der Waals surface area contributed by atoms with Crippen LogP contribution in [-0.4, -0.2) is 36.3 Å². The van der Waals surface area contributed by atoms with Crippen LogP contribution < -0.4 is 5.32 Å². The fraction of sp³-hybridized carbons (Fsp3) is 0.500. The average Bonchev–Trinajstić information content (AvgIpc) is 3.35. The number of fused-ring (bicyclic) bond motifs is 1. The van der Waals surface area contributed by atoms with Crippen LogP contribution >= 0.6 is 0 Å². The van der Waals surface area contributed by atoms with E-state index in [4.69, 9.17) is 14.2 Å². The highest BCUT2D eigenvalue weighted by Crippen LogP contribution is 2.44. The molecule has 1 aromatic heterocycles. The van der Waals surface area contributed by atoms with Crippen molar-refractivity contribution in [3.63, 3.8) is 0 Å². The van der Waals surface area contributed by atoms with E-state index >= 15 is 0 Å². The zero-order valence-electron chi connectivity index (χ0n) is 17.7. The molecule has 1 aliphatic carbocycles. The Hall–Kier alpha value is -2.65. The van der Waals surface area contributed by atoms with Gasteiger partial charge < -0.3 is 19.5 Å². The Morgan fingerprint density at radius 1 is 1.32 bits per heavy atom. The molecule has 0 saturated carbocycles. The highest BCUT2D eigenvalue weighted by molar-refractivity contribution is 5.73. The van der Waals surface area contributed by atoms with Gasteiger partial charge in [0.05, 0.1) is 44.0 Å². The molecule has 0 spiro atoms. The summed E-state index contributed by atoms with van der Waals surface area (Å²) in [6.07, 6.45) is -0.644. The topological polar surface area (TPSA) is 82.6 Å². The first-order valence-corrected chi connectivity index (χ1v) is 10.2. The molecule has 0 bridgehead atoms. The largest absolute Gasteiger partial charge is 0.469 e. The summed E-state index contributed by atoms with van der Waals surface area (Å²) >= 11 is 0. The number of ether oxygens (including phenoxy) is 3. The van der Waals surface area contributed by atoms with Gasteiger partial charge in [-0.05, 0) is 31.4 Å². The first-order chi connectivity index (χ1) is 14.8. The first-order valence-electron chi connectivity index (χ1n) is 10.2. The number of methoxy groups -OCH3 is 1. The normalized spacial score (nSPS) is 18.6. The van der Waals surface area contributed by atoms with Gasteiger partial charge in [0.1, 0.15) is 11.6 Å². The molecule has 9 heteroatoms. The van der Waals surface area contributed by atoms with E-state index in [1.165, 1.54) is 13.2 Å². The van der Waals surface area contributed by atoms with Gasteiger partial charge in [0.15, 0.2) is 6.29 Å². The van der Waals surface area contributed by atoms with E-state index in [-0.39, 0.29) is 24.4 Å². The second-order valence-electron chi connectivity index (χ2n) is 7.75. The van der Waals surface area contributed by atoms with Crippen LogP contribution in [0.3, 0.4) is 0 Å². The third-order valence-corrected chi connectivity index (χ3v) is 5.65. The van der Waals surface area contributed by atoms with Crippen molar-refractivity contribution >= 4 is 11.8 Å². The number of hydrogen-bond donors (Lipinski definition) is 1. The van der Waals surface area contributed by atoms with E-state index in [0.717, 1.165) is 5.56 Å². The molecule has 7 nitrogen and oxygen atoms in total. The number of carbonyl (C=O) groups excluding carboxylic acids is 1. The van der Waals surface area contributed by atoms with Crippen molar-refractivity contribution in [2.45, 2.75) is 51.4 Å². The van der Waals surface area contributed by atoms with Crippen LogP contribution in [0.2, 0.25) is 0 Å². The third-order valence-electron chi connectivity index (χ3n) is 5.65. The molecule has 31 heavy (non-hydrogen) atoms. The molecule has 2 heterocycles. The highest BCUT2D eigenvalue weighted by Gasteiger charge is 2.40. The summed E-state index contributed by atoms with van der Waals surface area (Å²) in [4.78, 5) is 20.9. The quantitative estimate of drug-likeness (QED) is 0.695. The molecule has 0 amide bonds. The summed E-state index contributed by atoms with van der Waals surface area (Å²) in [6, 6.07) is 4.69. The average molecular weight is 433 g/mol. The van der Waals surface area contributed by atoms with Gasteiger partial charge in [0.2, 0.25) is 0 Å². The lowest BCUT2D eigenvalue weighted by molar-refractivity contribution is -0.139. The molecule has 2 aliphatic rings. The Morgan fingerprint density at radius 2 is 2.06 bits per heavy atom. The van der Waals surface area contributed by atoms with E-state index in [1.807, 2.05) is 13.0 Å². The lowest BCUT2D eigenvalue weighted by Crippen LogP contribution is -2.19. The smallest absolute Gasteiger partial charge is 0.311 e. The van der Waals surface area contributed by atoms with Gasteiger partial charge in [0, 0.05) is 12.0 Å². The minimum atomic E-state index is -2.80. The zero-order chi connectivity index (χ0) is 22.2. The van der Waals surface area contributed by atoms with Crippen molar-refractivity contribution in [3.05, 3.63) is 52.0 Å². The van der Waals surface area contributed by atoms with Crippen LogP contribution in [0.15, 0.2) is 18.2 Å². The summed E-state index contributed by atoms with van der Waals surface area (Å²) in [7, 11) is 1.31. The van der Waals surface area contributed by atoms with Gasteiger partial charge in [-0.3, -0.25) is 4.79 Å². The van der Waals surface area contributed by atoms with Gasteiger partial charge in [-0.2, -0.15) is 0 Å². The minimum absolute atomic E-state index is 0.0611. The Kier molecular flexibility index (Phi) is 5.90. The molecule has 1 fully saturated rings. The van der Waals surface area contributed by atoms with Crippen molar-refractivity contribution in [3.8, 4) is 0 Å².